The molecule has 0 aliphatic carbocycles. The molecule has 0 unspecified atom stereocenters. The zero-order chi connectivity index (χ0) is 8.57. The van der Waals surface area contributed by atoms with E-state index in [1.165, 1.54) is 0 Å². The number of halogens is 2. The third-order valence-electron chi connectivity index (χ3n) is 0.943. The van der Waals surface area contributed by atoms with Gasteiger partial charge in [0.05, 0.1) is 0 Å². The maximum absolute atomic E-state index is 5.17. The monoisotopic (exact) mass is 218 g/mol. The second kappa shape index (κ2) is 17.5. The van der Waals surface area contributed by atoms with Gasteiger partial charge in [0, 0.05) is 0 Å². The van der Waals surface area contributed by atoms with Crippen molar-refractivity contribution in [3.63, 3.8) is 0 Å². The first-order chi connectivity index (χ1) is 4.54. The summed E-state index contributed by atoms with van der Waals surface area (Å²) in [7, 11) is 0. The van der Waals surface area contributed by atoms with Crippen LogP contribution in [0, 0.1) is 11.8 Å². The molecular formula is C8H24Cl2N2. The summed E-state index contributed by atoms with van der Waals surface area (Å²) in [6.45, 7) is 10.0. The normalized spacial score (nSPS) is 8.00. The van der Waals surface area contributed by atoms with E-state index in [1.807, 2.05) is 0 Å². The first kappa shape index (κ1) is 22.9. The Balaban J connectivity index is -0.0000000457. The molecule has 0 aromatic rings. The minimum atomic E-state index is 0. The summed E-state index contributed by atoms with van der Waals surface area (Å²) in [5.74, 6) is 1.32. The molecule has 0 amide bonds. The first-order valence-corrected chi connectivity index (χ1v) is 3.94. The highest BCUT2D eigenvalue weighted by Gasteiger charge is 1.80. The van der Waals surface area contributed by atoms with Crippen LogP contribution < -0.4 is 11.5 Å². The second-order valence-electron chi connectivity index (χ2n) is 3.26. The van der Waals surface area contributed by atoms with Crippen LogP contribution in [0.15, 0.2) is 0 Å². The molecule has 12 heavy (non-hydrogen) atoms. The van der Waals surface area contributed by atoms with E-state index in [0.717, 1.165) is 13.1 Å². The van der Waals surface area contributed by atoms with Crippen LogP contribution in [0.3, 0.4) is 0 Å². The summed E-state index contributed by atoms with van der Waals surface area (Å²) in [5, 5.41) is 0. The van der Waals surface area contributed by atoms with E-state index in [0.29, 0.717) is 11.8 Å². The molecule has 0 aliphatic heterocycles. The molecule has 0 aromatic carbocycles. The zero-order valence-electron chi connectivity index (χ0n) is 8.54. The minimum absolute atomic E-state index is 0. The van der Waals surface area contributed by atoms with Gasteiger partial charge in [0.1, 0.15) is 0 Å². The van der Waals surface area contributed by atoms with Crippen molar-refractivity contribution in [3.8, 4) is 0 Å². The highest BCUT2D eigenvalue weighted by atomic mass is 35.5. The molecule has 2 nitrogen and oxygen atoms in total. The lowest BCUT2D eigenvalue weighted by molar-refractivity contribution is 0.664. The van der Waals surface area contributed by atoms with Gasteiger partial charge >= 0.3 is 0 Å². The Morgan fingerprint density at radius 2 is 0.833 bits per heavy atom. The largest absolute Gasteiger partial charge is 0.330 e. The van der Waals surface area contributed by atoms with E-state index in [2.05, 4.69) is 27.7 Å². The van der Waals surface area contributed by atoms with Gasteiger partial charge in [-0.25, -0.2) is 0 Å². The van der Waals surface area contributed by atoms with Crippen molar-refractivity contribution in [2.24, 2.45) is 23.3 Å². The topological polar surface area (TPSA) is 52.0 Å². The number of hydrogen-bond donors (Lipinski definition) is 2. The lowest BCUT2D eigenvalue weighted by atomic mass is 10.2. The summed E-state index contributed by atoms with van der Waals surface area (Å²) in [6, 6.07) is 0. The van der Waals surface area contributed by atoms with Crippen LogP contribution in [0.1, 0.15) is 27.7 Å². The summed E-state index contributed by atoms with van der Waals surface area (Å²) in [4.78, 5) is 0. The molecule has 0 saturated heterocycles. The Morgan fingerprint density at radius 1 is 0.750 bits per heavy atom. The van der Waals surface area contributed by atoms with Gasteiger partial charge < -0.3 is 11.5 Å². The average molecular weight is 219 g/mol. The summed E-state index contributed by atoms with van der Waals surface area (Å²) >= 11 is 0. The van der Waals surface area contributed by atoms with Crippen LogP contribution in [-0.2, 0) is 0 Å². The fraction of sp³-hybridized carbons (Fsp3) is 1.00. The predicted octanol–water partition coefficient (Wildman–Crippen LogP) is 2.05. The average Bonchev–Trinajstić information content (AvgIpc) is 1.89. The fourth-order valence-electron chi connectivity index (χ4n) is 0. The predicted molar refractivity (Wildman–Crippen MR) is 62.3 cm³/mol. The fourth-order valence-corrected chi connectivity index (χ4v) is 0. The number of nitrogens with two attached hydrogens (primary N) is 2. The van der Waals surface area contributed by atoms with E-state index in [1.54, 1.807) is 0 Å². The molecule has 0 bridgehead atoms. The van der Waals surface area contributed by atoms with E-state index < -0.39 is 0 Å². The molecule has 4 N–H and O–H groups in total. The van der Waals surface area contributed by atoms with Crippen molar-refractivity contribution in [2.45, 2.75) is 27.7 Å². The van der Waals surface area contributed by atoms with Gasteiger partial charge in [-0.15, -0.1) is 24.8 Å². The van der Waals surface area contributed by atoms with Gasteiger partial charge in [0.15, 0.2) is 0 Å². The van der Waals surface area contributed by atoms with Gasteiger partial charge in [-0.1, -0.05) is 27.7 Å². The van der Waals surface area contributed by atoms with E-state index >= 15 is 0 Å². The van der Waals surface area contributed by atoms with Crippen LogP contribution in [0.5, 0.6) is 0 Å². The lowest BCUT2D eigenvalue weighted by Gasteiger charge is -1.91. The maximum atomic E-state index is 5.17. The molecule has 0 radical (unpaired) electrons. The first-order valence-electron chi connectivity index (χ1n) is 3.94. The van der Waals surface area contributed by atoms with Crippen LogP contribution >= 0.6 is 24.8 Å². The molecule has 0 spiro atoms. The van der Waals surface area contributed by atoms with Gasteiger partial charge in [-0.05, 0) is 24.9 Å². The molecule has 0 aliphatic rings. The van der Waals surface area contributed by atoms with Gasteiger partial charge in [-0.2, -0.15) is 0 Å². The Labute approximate surface area is 89.3 Å². The second-order valence-corrected chi connectivity index (χ2v) is 3.26. The highest BCUT2D eigenvalue weighted by molar-refractivity contribution is 5.85. The minimum Gasteiger partial charge on any atom is -0.330 e. The summed E-state index contributed by atoms with van der Waals surface area (Å²) in [6.07, 6.45) is 0. The maximum Gasteiger partial charge on any atom is -0.00541 e. The summed E-state index contributed by atoms with van der Waals surface area (Å²) < 4.78 is 0. The van der Waals surface area contributed by atoms with Gasteiger partial charge in [0.25, 0.3) is 0 Å². The highest BCUT2D eigenvalue weighted by Crippen LogP contribution is 1.81. The molecule has 0 atom stereocenters. The van der Waals surface area contributed by atoms with Crippen LogP contribution in [0.2, 0.25) is 0 Å². The zero-order valence-corrected chi connectivity index (χ0v) is 10.2. The molecule has 0 fully saturated rings. The Morgan fingerprint density at radius 3 is 0.833 bits per heavy atom. The SMILES string of the molecule is CC(C)CN.CC(C)CN.Cl.Cl. The smallest absolute Gasteiger partial charge is 0.00541 e. The van der Waals surface area contributed by atoms with Gasteiger partial charge in [0.2, 0.25) is 0 Å². The van der Waals surface area contributed by atoms with E-state index in [-0.39, 0.29) is 24.8 Å². The third kappa shape index (κ3) is 46.8. The van der Waals surface area contributed by atoms with Crippen molar-refractivity contribution in [1.82, 2.24) is 0 Å². The standard InChI is InChI=1S/2C4H11N.2ClH/c2*1-4(2)3-5;;/h2*4H,3,5H2,1-2H3;2*1H. The van der Waals surface area contributed by atoms with Crippen molar-refractivity contribution in [1.29, 1.82) is 0 Å². The lowest BCUT2D eigenvalue weighted by Crippen LogP contribution is -2.05. The van der Waals surface area contributed by atoms with Crippen LogP contribution in [0.25, 0.3) is 0 Å². The molecular weight excluding hydrogens is 195 g/mol. The van der Waals surface area contributed by atoms with Crippen molar-refractivity contribution < 1.29 is 0 Å². The van der Waals surface area contributed by atoms with Crippen molar-refractivity contribution in [3.05, 3.63) is 0 Å². The van der Waals surface area contributed by atoms with E-state index in [9.17, 15) is 0 Å². The Kier molecular flexibility index (Phi) is 33.5. The van der Waals surface area contributed by atoms with Crippen molar-refractivity contribution in [2.75, 3.05) is 13.1 Å². The molecule has 0 heterocycles. The molecule has 0 rings (SSSR count). The van der Waals surface area contributed by atoms with Crippen LogP contribution in [-0.4, -0.2) is 13.1 Å². The Hall–Kier alpha value is 0.500. The number of hydrogen-bond acceptors (Lipinski definition) is 2. The van der Waals surface area contributed by atoms with Crippen molar-refractivity contribution >= 4 is 24.8 Å². The molecule has 0 saturated carbocycles. The molecule has 4 heteroatoms. The Bertz CT molecular complexity index is 51.0. The molecule has 80 valence electrons. The molecule has 0 aromatic heterocycles. The number of rotatable bonds is 2. The quantitative estimate of drug-likeness (QED) is 0.746. The third-order valence-corrected chi connectivity index (χ3v) is 0.943. The van der Waals surface area contributed by atoms with Crippen LogP contribution in [0.4, 0.5) is 0 Å². The summed E-state index contributed by atoms with van der Waals surface area (Å²) in [5.41, 5.74) is 10.3. The van der Waals surface area contributed by atoms with E-state index in [4.69, 9.17) is 11.5 Å². The van der Waals surface area contributed by atoms with Gasteiger partial charge in [-0.3, -0.25) is 0 Å².